The van der Waals surface area contributed by atoms with E-state index in [1.807, 2.05) is 6.92 Å². The summed E-state index contributed by atoms with van der Waals surface area (Å²) < 4.78 is 2.06. The van der Waals surface area contributed by atoms with E-state index >= 15 is 0 Å². The monoisotopic (exact) mass is 365 g/mol. The summed E-state index contributed by atoms with van der Waals surface area (Å²) in [6.45, 7) is 15.5. The van der Waals surface area contributed by atoms with E-state index < -0.39 is 5.60 Å². The molecule has 1 aromatic rings. The number of hydrogen-bond acceptors (Lipinski definition) is 3. The Morgan fingerprint density at radius 1 is 1.23 bits per heavy atom. The van der Waals surface area contributed by atoms with E-state index in [-0.39, 0.29) is 0 Å². The van der Waals surface area contributed by atoms with Crippen LogP contribution in [-0.2, 0) is 6.54 Å². The van der Waals surface area contributed by atoms with Gasteiger partial charge in [-0.2, -0.15) is 5.10 Å². The third-order valence-electron chi connectivity index (χ3n) is 4.51. The maximum atomic E-state index is 10.8. The van der Waals surface area contributed by atoms with Crippen LogP contribution in [0.2, 0.25) is 0 Å². The molecule has 0 spiro atoms. The highest BCUT2D eigenvalue weighted by molar-refractivity contribution is 5.79. The summed E-state index contributed by atoms with van der Waals surface area (Å²) in [5.41, 5.74) is 1.56. The van der Waals surface area contributed by atoms with Gasteiger partial charge in [-0.25, -0.2) is 0 Å². The van der Waals surface area contributed by atoms with Crippen LogP contribution < -0.4 is 10.6 Å². The van der Waals surface area contributed by atoms with Crippen LogP contribution >= 0.6 is 0 Å². The Kier molecular flexibility index (Phi) is 9.70. The Morgan fingerprint density at radius 2 is 1.88 bits per heavy atom. The van der Waals surface area contributed by atoms with Crippen molar-refractivity contribution >= 4 is 5.96 Å². The summed E-state index contributed by atoms with van der Waals surface area (Å²) in [7, 11) is 0. The van der Waals surface area contributed by atoms with Crippen LogP contribution in [0.25, 0.3) is 0 Å². The fourth-order valence-electron chi connectivity index (χ4n) is 3.27. The molecule has 6 nitrogen and oxygen atoms in total. The Morgan fingerprint density at radius 3 is 2.38 bits per heavy atom. The van der Waals surface area contributed by atoms with Crippen molar-refractivity contribution in [2.24, 2.45) is 10.9 Å². The van der Waals surface area contributed by atoms with Gasteiger partial charge in [-0.05, 0) is 45.6 Å². The molecule has 0 aliphatic rings. The van der Waals surface area contributed by atoms with Crippen molar-refractivity contribution in [3.8, 4) is 0 Å². The van der Waals surface area contributed by atoms with Gasteiger partial charge >= 0.3 is 0 Å². The molecule has 1 atom stereocenters. The summed E-state index contributed by atoms with van der Waals surface area (Å²) in [4.78, 5) is 4.65. The summed E-state index contributed by atoms with van der Waals surface area (Å²) in [6, 6.07) is 2.11. The SMILES string of the molecule is CCCC(O)(CCC)CN=C(NCC)NCC(C)Cn1nc(C)cc1C. The number of nitrogens with zero attached hydrogens (tertiary/aromatic N) is 3. The topological polar surface area (TPSA) is 74.5 Å². The van der Waals surface area contributed by atoms with Crippen molar-refractivity contribution in [2.75, 3.05) is 19.6 Å². The van der Waals surface area contributed by atoms with Crippen LogP contribution in [0.4, 0.5) is 0 Å². The average Bonchev–Trinajstić information content (AvgIpc) is 2.88. The van der Waals surface area contributed by atoms with Crippen LogP contribution in [0.5, 0.6) is 0 Å². The van der Waals surface area contributed by atoms with Gasteiger partial charge in [-0.15, -0.1) is 0 Å². The van der Waals surface area contributed by atoms with E-state index in [4.69, 9.17) is 0 Å². The summed E-state index contributed by atoms with van der Waals surface area (Å²) in [5.74, 6) is 1.19. The number of guanidine groups is 1. The molecule has 0 saturated heterocycles. The first-order chi connectivity index (χ1) is 12.3. The summed E-state index contributed by atoms with van der Waals surface area (Å²) >= 11 is 0. The summed E-state index contributed by atoms with van der Waals surface area (Å²) in [6.07, 6.45) is 3.52. The molecule has 0 bridgehead atoms. The molecule has 26 heavy (non-hydrogen) atoms. The fraction of sp³-hybridized carbons (Fsp3) is 0.800. The van der Waals surface area contributed by atoms with Crippen LogP contribution in [0.3, 0.4) is 0 Å². The first kappa shape index (κ1) is 22.5. The van der Waals surface area contributed by atoms with E-state index in [0.29, 0.717) is 12.5 Å². The number of hydrogen-bond donors (Lipinski definition) is 3. The third-order valence-corrected chi connectivity index (χ3v) is 4.51. The zero-order valence-electron chi connectivity index (χ0n) is 17.6. The molecule has 0 aromatic carbocycles. The lowest BCUT2D eigenvalue weighted by Gasteiger charge is -2.26. The number of aromatic nitrogens is 2. The number of rotatable bonds is 11. The minimum atomic E-state index is -0.693. The quantitative estimate of drug-likeness (QED) is 0.416. The van der Waals surface area contributed by atoms with Gasteiger partial charge in [0.15, 0.2) is 5.96 Å². The summed E-state index contributed by atoms with van der Waals surface area (Å²) in [5, 5.41) is 22.0. The molecule has 1 unspecified atom stereocenters. The van der Waals surface area contributed by atoms with E-state index in [1.165, 1.54) is 5.69 Å². The predicted molar refractivity (Wildman–Crippen MR) is 110 cm³/mol. The highest BCUT2D eigenvalue weighted by atomic mass is 16.3. The molecule has 0 radical (unpaired) electrons. The first-order valence-electron chi connectivity index (χ1n) is 10.1. The molecule has 0 fully saturated rings. The highest BCUT2D eigenvalue weighted by Gasteiger charge is 2.24. The average molecular weight is 366 g/mol. The minimum absolute atomic E-state index is 0.419. The Bertz CT molecular complexity index is 546. The van der Waals surface area contributed by atoms with Crippen molar-refractivity contribution < 1.29 is 5.11 Å². The Hall–Kier alpha value is -1.56. The van der Waals surface area contributed by atoms with Crippen molar-refractivity contribution in [1.29, 1.82) is 0 Å². The van der Waals surface area contributed by atoms with Crippen molar-refractivity contribution in [3.05, 3.63) is 17.5 Å². The maximum absolute atomic E-state index is 10.8. The van der Waals surface area contributed by atoms with E-state index in [9.17, 15) is 5.11 Å². The molecular weight excluding hydrogens is 326 g/mol. The van der Waals surface area contributed by atoms with Gasteiger partial charge in [-0.3, -0.25) is 9.67 Å². The molecule has 0 aliphatic heterocycles. The van der Waals surface area contributed by atoms with Crippen LogP contribution in [0.15, 0.2) is 11.1 Å². The van der Waals surface area contributed by atoms with Crippen LogP contribution in [0.1, 0.15) is 64.8 Å². The van der Waals surface area contributed by atoms with Gasteiger partial charge in [0, 0.05) is 25.3 Å². The smallest absolute Gasteiger partial charge is 0.191 e. The van der Waals surface area contributed by atoms with E-state index in [2.05, 4.69) is 66.1 Å². The lowest BCUT2D eigenvalue weighted by atomic mass is 9.93. The predicted octanol–water partition coefficient (Wildman–Crippen LogP) is 3.02. The maximum Gasteiger partial charge on any atom is 0.191 e. The van der Waals surface area contributed by atoms with Gasteiger partial charge in [-0.1, -0.05) is 33.6 Å². The van der Waals surface area contributed by atoms with Crippen LogP contribution in [-0.4, -0.2) is 46.1 Å². The molecule has 0 amide bonds. The highest BCUT2D eigenvalue weighted by Crippen LogP contribution is 2.19. The molecule has 1 rings (SSSR count). The molecular formula is C20H39N5O. The molecule has 0 saturated carbocycles. The number of nitrogens with one attached hydrogen (secondary N) is 2. The lowest BCUT2D eigenvalue weighted by molar-refractivity contribution is 0.0306. The molecule has 6 heteroatoms. The number of aryl methyl sites for hydroxylation is 2. The van der Waals surface area contributed by atoms with E-state index in [0.717, 1.165) is 57.0 Å². The second kappa shape index (κ2) is 11.2. The molecule has 0 aliphatic carbocycles. The second-order valence-electron chi connectivity index (χ2n) is 7.51. The zero-order valence-corrected chi connectivity index (χ0v) is 17.6. The van der Waals surface area contributed by atoms with Gasteiger partial charge in [0.1, 0.15) is 0 Å². The number of aliphatic hydroxyl groups is 1. The van der Waals surface area contributed by atoms with Crippen LogP contribution in [0, 0.1) is 19.8 Å². The van der Waals surface area contributed by atoms with Gasteiger partial charge in [0.05, 0.1) is 17.8 Å². The normalized spacial score (nSPS) is 13.7. The largest absolute Gasteiger partial charge is 0.388 e. The van der Waals surface area contributed by atoms with Gasteiger partial charge in [0.25, 0.3) is 0 Å². The molecule has 1 heterocycles. The van der Waals surface area contributed by atoms with Crippen molar-refractivity contribution in [3.63, 3.8) is 0 Å². The molecule has 1 aromatic heterocycles. The zero-order chi connectivity index (χ0) is 19.6. The van der Waals surface area contributed by atoms with Crippen molar-refractivity contribution in [1.82, 2.24) is 20.4 Å². The van der Waals surface area contributed by atoms with Gasteiger partial charge in [0.2, 0.25) is 0 Å². The van der Waals surface area contributed by atoms with Gasteiger partial charge < -0.3 is 15.7 Å². The standard InChI is InChI=1S/C20H39N5O/c1-7-10-20(26,11-8-2)15-23-19(21-9-3)22-13-16(4)14-25-18(6)12-17(5)24-25/h12,16,26H,7-11,13-15H2,1-6H3,(H2,21,22,23). The third kappa shape index (κ3) is 7.77. The fourth-order valence-corrected chi connectivity index (χ4v) is 3.27. The van der Waals surface area contributed by atoms with E-state index in [1.54, 1.807) is 0 Å². The Labute approximate surface area is 159 Å². The molecule has 3 N–H and O–H groups in total. The minimum Gasteiger partial charge on any atom is -0.388 e. The Balaban J connectivity index is 2.61. The first-order valence-corrected chi connectivity index (χ1v) is 10.1. The second-order valence-corrected chi connectivity index (χ2v) is 7.51. The van der Waals surface area contributed by atoms with Crippen molar-refractivity contribution in [2.45, 2.75) is 79.4 Å². The lowest BCUT2D eigenvalue weighted by Crippen LogP contribution is -2.42. The molecule has 150 valence electrons. The number of aliphatic imine (C=N–C) groups is 1.